The van der Waals surface area contributed by atoms with E-state index in [-0.39, 0.29) is 24.3 Å². The fourth-order valence-electron chi connectivity index (χ4n) is 2.07. The SMILES string of the molecule is Cc1ccc(CNC[C@H](CCCC(=O)O)[N+](=O)[O-])cc1C. The van der Waals surface area contributed by atoms with Gasteiger partial charge in [-0.1, -0.05) is 18.2 Å². The van der Waals surface area contributed by atoms with Gasteiger partial charge in [0.1, 0.15) is 0 Å². The Morgan fingerprint density at radius 1 is 1.38 bits per heavy atom. The lowest BCUT2D eigenvalue weighted by Crippen LogP contribution is -2.32. The molecule has 0 aliphatic rings. The second kappa shape index (κ2) is 8.36. The van der Waals surface area contributed by atoms with Crippen molar-refractivity contribution in [1.29, 1.82) is 0 Å². The third-order valence-corrected chi connectivity index (χ3v) is 3.51. The Kier molecular flexibility index (Phi) is 6.81. The largest absolute Gasteiger partial charge is 0.481 e. The van der Waals surface area contributed by atoms with Gasteiger partial charge in [0, 0.05) is 24.3 Å². The van der Waals surface area contributed by atoms with Gasteiger partial charge in [0.25, 0.3) is 0 Å². The highest BCUT2D eigenvalue weighted by Gasteiger charge is 2.19. The van der Waals surface area contributed by atoms with E-state index in [2.05, 4.69) is 11.4 Å². The third kappa shape index (κ3) is 6.35. The van der Waals surface area contributed by atoms with Crippen LogP contribution in [0, 0.1) is 24.0 Å². The van der Waals surface area contributed by atoms with Crippen molar-refractivity contribution in [1.82, 2.24) is 5.32 Å². The number of nitrogens with zero attached hydrogens (tertiary/aromatic N) is 1. The molecule has 6 nitrogen and oxygen atoms in total. The van der Waals surface area contributed by atoms with Crippen LogP contribution in [0.1, 0.15) is 36.0 Å². The molecule has 0 saturated heterocycles. The number of nitrogens with one attached hydrogen (secondary N) is 1. The normalized spacial score (nSPS) is 12.1. The van der Waals surface area contributed by atoms with E-state index in [1.54, 1.807) is 0 Å². The summed E-state index contributed by atoms with van der Waals surface area (Å²) in [7, 11) is 0. The molecule has 0 spiro atoms. The highest BCUT2D eigenvalue weighted by atomic mass is 16.6. The zero-order chi connectivity index (χ0) is 15.8. The molecule has 2 N–H and O–H groups in total. The first-order valence-electron chi connectivity index (χ1n) is 7.02. The van der Waals surface area contributed by atoms with Gasteiger partial charge in [-0.25, -0.2) is 0 Å². The monoisotopic (exact) mass is 294 g/mol. The first-order chi connectivity index (χ1) is 9.90. The van der Waals surface area contributed by atoms with E-state index in [4.69, 9.17) is 5.11 Å². The molecule has 1 aromatic rings. The molecule has 1 aromatic carbocycles. The highest BCUT2D eigenvalue weighted by Crippen LogP contribution is 2.10. The molecule has 0 radical (unpaired) electrons. The van der Waals surface area contributed by atoms with Crippen LogP contribution in [0.15, 0.2) is 18.2 Å². The van der Waals surface area contributed by atoms with Gasteiger partial charge in [0.2, 0.25) is 6.04 Å². The van der Waals surface area contributed by atoms with E-state index >= 15 is 0 Å². The quantitative estimate of drug-likeness (QED) is 0.538. The van der Waals surface area contributed by atoms with Crippen LogP contribution in [-0.2, 0) is 11.3 Å². The summed E-state index contributed by atoms with van der Waals surface area (Å²) >= 11 is 0. The second-order valence-electron chi connectivity index (χ2n) is 5.27. The number of carboxylic acid groups (broad SMARTS) is 1. The minimum Gasteiger partial charge on any atom is -0.481 e. The van der Waals surface area contributed by atoms with E-state index < -0.39 is 12.0 Å². The maximum absolute atomic E-state index is 10.9. The standard InChI is InChI=1S/C15H22N2O4/c1-11-6-7-13(8-12(11)2)9-16-10-14(17(20)21)4-3-5-15(18)19/h6-8,14,16H,3-5,9-10H2,1-2H3,(H,18,19)/t14-/m0/s1. The number of carbonyl (C=O) groups is 1. The van der Waals surface area contributed by atoms with Crippen molar-refractivity contribution in [3.05, 3.63) is 45.0 Å². The molecule has 0 amide bonds. The zero-order valence-electron chi connectivity index (χ0n) is 12.5. The Morgan fingerprint density at radius 3 is 2.67 bits per heavy atom. The summed E-state index contributed by atoms with van der Waals surface area (Å²) in [6.45, 7) is 4.90. The molecule has 1 atom stereocenters. The molecule has 0 fully saturated rings. The number of aryl methyl sites for hydroxylation is 2. The highest BCUT2D eigenvalue weighted by molar-refractivity contribution is 5.66. The molecule has 0 saturated carbocycles. The van der Waals surface area contributed by atoms with Crippen LogP contribution in [0.2, 0.25) is 0 Å². The predicted octanol–water partition coefficient (Wildman–Crippen LogP) is 2.29. The van der Waals surface area contributed by atoms with Crippen LogP contribution in [0.5, 0.6) is 0 Å². The Bertz CT molecular complexity index is 502. The summed E-state index contributed by atoms with van der Waals surface area (Å²) in [5.41, 5.74) is 3.50. The van der Waals surface area contributed by atoms with E-state index in [1.165, 1.54) is 11.1 Å². The molecule has 6 heteroatoms. The Labute approximate surface area is 124 Å². The number of hydrogen-bond acceptors (Lipinski definition) is 4. The molecular weight excluding hydrogens is 272 g/mol. The Morgan fingerprint density at radius 2 is 2.10 bits per heavy atom. The number of carboxylic acids is 1. The lowest BCUT2D eigenvalue weighted by molar-refractivity contribution is -0.521. The van der Waals surface area contributed by atoms with Gasteiger partial charge in [0.05, 0.1) is 6.54 Å². The fraction of sp³-hybridized carbons (Fsp3) is 0.533. The molecule has 0 aliphatic heterocycles. The second-order valence-corrected chi connectivity index (χ2v) is 5.27. The minimum atomic E-state index is -0.916. The van der Waals surface area contributed by atoms with Crippen LogP contribution < -0.4 is 5.32 Å². The van der Waals surface area contributed by atoms with Gasteiger partial charge < -0.3 is 10.4 Å². The molecule has 0 unspecified atom stereocenters. The van der Waals surface area contributed by atoms with Crippen molar-refractivity contribution >= 4 is 5.97 Å². The van der Waals surface area contributed by atoms with E-state index in [0.29, 0.717) is 13.0 Å². The third-order valence-electron chi connectivity index (χ3n) is 3.51. The number of rotatable bonds is 9. The van der Waals surface area contributed by atoms with Gasteiger partial charge in [0.15, 0.2) is 0 Å². The van der Waals surface area contributed by atoms with Crippen molar-refractivity contribution in [2.75, 3.05) is 6.54 Å². The number of benzene rings is 1. The van der Waals surface area contributed by atoms with Crippen molar-refractivity contribution in [3.8, 4) is 0 Å². The molecule has 1 rings (SSSR count). The van der Waals surface area contributed by atoms with Gasteiger partial charge in [-0.15, -0.1) is 0 Å². The topological polar surface area (TPSA) is 92.5 Å². The number of aliphatic carboxylic acids is 1. The molecule has 0 bridgehead atoms. The van der Waals surface area contributed by atoms with Crippen molar-refractivity contribution < 1.29 is 14.8 Å². The molecule has 0 aromatic heterocycles. The van der Waals surface area contributed by atoms with Crippen molar-refractivity contribution in [2.24, 2.45) is 0 Å². The van der Waals surface area contributed by atoms with E-state index in [9.17, 15) is 14.9 Å². The van der Waals surface area contributed by atoms with Crippen LogP contribution in [0.3, 0.4) is 0 Å². The lowest BCUT2D eigenvalue weighted by Gasteiger charge is -2.11. The van der Waals surface area contributed by atoms with Crippen molar-refractivity contribution in [3.63, 3.8) is 0 Å². The summed E-state index contributed by atoms with van der Waals surface area (Å²) in [5.74, 6) is -0.916. The smallest absolute Gasteiger partial charge is 0.303 e. The average Bonchev–Trinajstić information content (AvgIpc) is 2.40. The molecular formula is C15H22N2O4. The summed E-state index contributed by atoms with van der Waals surface area (Å²) in [6.07, 6.45) is 0.576. The number of hydrogen-bond donors (Lipinski definition) is 2. The number of nitro groups is 1. The predicted molar refractivity (Wildman–Crippen MR) is 79.9 cm³/mol. The van der Waals surface area contributed by atoms with Crippen LogP contribution in [-0.4, -0.2) is 28.6 Å². The van der Waals surface area contributed by atoms with E-state index in [1.807, 2.05) is 26.0 Å². The summed E-state index contributed by atoms with van der Waals surface area (Å²) in [4.78, 5) is 21.0. The fourth-order valence-corrected chi connectivity index (χ4v) is 2.07. The van der Waals surface area contributed by atoms with Gasteiger partial charge >= 0.3 is 5.97 Å². The summed E-state index contributed by atoms with van der Waals surface area (Å²) in [6, 6.07) is 5.36. The summed E-state index contributed by atoms with van der Waals surface area (Å²) in [5, 5.41) is 22.6. The maximum Gasteiger partial charge on any atom is 0.303 e. The zero-order valence-corrected chi connectivity index (χ0v) is 12.5. The minimum absolute atomic E-state index is 0.0263. The first kappa shape index (κ1) is 17.1. The summed E-state index contributed by atoms with van der Waals surface area (Å²) < 4.78 is 0. The van der Waals surface area contributed by atoms with Crippen molar-refractivity contribution in [2.45, 2.75) is 45.7 Å². The maximum atomic E-state index is 10.9. The van der Waals surface area contributed by atoms with Gasteiger partial charge in [-0.2, -0.15) is 0 Å². The Balaban J connectivity index is 2.40. The molecule has 0 heterocycles. The lowest BCUT2D eigenvalue weighted by atomic mass is 10.1. The molecule has 116 valence electrons. The Hall–Kier alpha value is -1.95. The molecule has 21 heavy (non-hydrogen) atoms. The molecule has 0 aliphatic carbocycles. The average molecular weight is 294 g/mol. The van der Waals surface area contributed by atoms with Gasteiger partial charge in [-0.3, -0.25) is 14.9 Å². The van der Waals surface area contributed by atoms with Crippen LogP contribution in [0.25, 0.3) is 0 Å². The van der Waals surface area contributed by atoms with Crippen LogP contribution >= 0.6 is 0 Å². The van der Waals surface area contributed by atoms with E-state index in [0.717, 1.165) is 5.56 Å². The first-order valence-corrected chi connectivity index (χ1v) is 7.02. The van der Waals surface area contributed by atoms with Crippen LogP contribution in [0.4, 0.5) is 0 Å². The van der Waals surface area contributed by atoms with Gasteiger partial charge in [-0.05, 0) is 37.0 Å².